The summed E-state index contributed by atoms with van der Waals surface area (Å²) in [5.41, 5.74) is 0. The lowest BCUT2D eigenvalue weighted by atomic mass is 10.6. The van der Waals surface area contributed by atoms with Crippen molar-refractivity contribution in [3.8, 4) is 5.06 Å². The average Bonchev–Trinajstić information content (AvgIpc) is 2.41. The van der Waals surface area contributed by atoms with Crippen LogP contribution in [-0.2, 0) is 4.74 Å². The monoisotopic (exact) mass is 158 g/mol. The second-order valence-electron chi connectivity index (χ2n) is 1.77. The molecule has 56 valence electrons. The number of ether oxygens (including phenoxy) is 2. The minimum Gasteiger partial charge on any atom is -0.482 e. The summed E-state index contributed by atoms with van der Waals surface area (Å²) >= 11 is 1.60. The van der Waals surface area contributed by atoms with Crippen LogP contribution in [0.5, 0.6) is 5.06 Å². The Hall–Kier alpha value is -0.540. The predicted octanol–water partition coefficient (Wildman–Crippen LogP) is 1.77. The summed E-state index contributed by atoms with van der Waals surface area (Å²) in [6, 6.07) is 3.91. The first-order valence-electron chi connectivity index (χ1n) is 3.08. The zero-order chi connectivity index (χ0) is 7.23. The van der Waals surface area contributed by atoms with Crippen molar-refractivity contribution in [3.05, 3.63) is 17.5 Å². The Morgan fingerprint density at radius 1 is 1.50 bits per heavy atom. The van der Waals surface area contributed by atoms with E-state index in [4.69, 9.17) is 9.47 Å². The van der Waals surface area contributed by atoms with E-state index < -0.39 is 0 Å². The van der Waals surface area contributed by atoms with Gasteiger partial charge in [0.2, 0.25) is 0 Å². The lowest BCUT2D eigenvalue weighted by Gasteiger charge is -1.99. The molecule has 0 atom stereocenters. The van der Waals surface area contributed by atoms with E-state index in [2.05, 4.69) is 0 Å². The molecule has 0 spiro atoms. The third-order valence-corrected chi connectivity index (χ3v) is 1.81. The Morgan fingerprint density at radius 3 is 3.00 bits per heavy atom. The van der Waals surface area contributed by atoms with Gasteiger partial charge in [0, 0.05) is 7.11 Å². The first-order chi connectivity index (χ1) is 4.93. The van der Waals surface area contributed by atoms with E-state index in [0.29, 0.717) is 13.2 Å². The molecular weight excluding hydrogens is 148 g/mol. The number of methoxy groups -OCH3 is 1. The molecule has 0 saturated carbocycles. The maximum absolute atomic E-state index is 5.28. The van der Waals surface area contributed by atoms with E-state index in [-0.39, 0.29) is 0 Å². The van der Waals surface area contributed by atoms with Gasteiger partial charge in [0.25, 0.3) is 0 Å². The molecular formula is C7H10O2S. The van der Waals surface area contributed by atoms with Gasteiger partial charge in [-0.2, -0.15) is 0 Å². The molecule has 0 bridgehead atoms. The van der Waals surface area contributed by atoms with E-state index in [1.54, 1.807) is 18.4 Å². The first kappa shape index (κ1) is 7.57. The van der Waals surface area contributed by atoms with Crippen molar-refractivity contribution >= 4 is 11.3 Å². The maximum Gasteiger partial charge on any atom is 0.173 e. The number of hydrogen-bond donors (Lipinski definition) is 0. The van der Waals surface area contributed by atoms with Crippen LogP contribution < -0.4 is 4.74 Å². The molecule has 0 saturated heterocycles. The molecule has 2 nitrogen and oxygen atoms in total. The highest BCUT2D eigenvalue weighted by atomic mass is 32.1. The first-order valence-corrected chi connectivity index (χ1v) is 3.96. The fourth-order valence-corrected chi connectivity index (χ4v) is 1.17. The van der Waals surface area contributed by atoms with Crippen molar-refractivity contribution in [2.45, 2.75) is 0 Å². The average molecular weight is 158 g/mol. The van der Waals surface area contributed by atoms with Crippen LogP contribution in [0.1, 0.15) is 0 Å². The number of rotatable bonds is 4. The highest BCUT2D eigenvalue weighted by Crippen LogP contribution is 2.17. The van der Waals surface area contributed by atoms with Crippen molar-refractivity contribution in [1.29, 1.82) is 0 Å². The predicted molar refractivity (Wildman–Crippen MR) is 41.7 cm³/mol. The van der Waals surface area contributed by atoms with E-state index in [1.807, 2.05) is 17.5 Å². The SMILES string of the molecule is COCCOc1cccs1. The van der Waals surface area contributed by atoms with Crippen molar-refractivity contribution in [2.24, 2.45) is 0 Å². The lowest BCUT2D eigenvalue weighted by molar-refractivity contribution is 0.148. The van der Waals surface area contributed by atoms with Crippen molar-refractivity contribution in [3.63, 3.8) is 0 Å². The quantitative estimate of drug-likeness (QED) is 0.622. The Bertz CT molecular complexity index is 160. The second kappa shape index (κ2) is 4.30. The third-order valence-electron chi connectivity index (χ3n) is 1.03. The third kappa shape index (κ3) is 2.37. The summed E-state index contributed by atoms with van der Waals surface area (Å²) in [5.74, 6) is 0. The van der Waals surface area contributed by atoms with Gasteiger partial charge in [-0.3, -0.25) is 0 Å². The summed E-state index contributed by atoms with van der Waals surface area (Å²) in [4.78, 5) is 0. The molecule has 1 aromatic heterocycles. The minimum atomic E-state index is 0.636. The fraction of sp³-hybridized carbons (Fsp3) is 0.429. The summed E-state index contributed by atoms with van der Waals surface area (Å²) in [6.07, 6.45) is 0. The molecule has 1 aromatic rings. The van der Waals surface area contributed by atoms with Gasteiger partial charge in [-0.1, -0.05) is 0 Å². The minimum absolute atomic E-state index is 0.636. The van der Waals surface area contributed by atoms with Gasteiger partial charge in [0.15, 0.2) is 5.06 Å². The Balaban J connectivity index is 2.15. The molecule has 0 radical (unpaired) electrons. The molecule has 1 heterocycles. The Morgan fingerprint density at radius 2 is 2.40 bits per heavy atom. The molecule has 0 aliphatic rings. The van der Waals surface area contributed by atoms with Gasteiger partial charge in [-0.05, 0) is 17.5 Å². The van der Waals surface area contributed by atoms with Gasteiger partial charge in [-0.25, -0.2) is 0 Å². The van der Waals surface area contributed by atoms with E-state index in [0.717, 1.165) is 5.06 Å². The zero-order valence-corrected chi connectivity index (χ0v) is 6.69. The van der Waals surface area contributed by atoms with Crippen LogP contribution in [0.2, 0.25) is 0 Å². The normalized spacial score (nSPS) is 9.70. The van der Waals surface area contributed by atoms with E-state index >= 15 is 0 Å². The summed E-state index contributed by atoms with van der Waals surface area (Å²) in [6.45, 7) is 1.29. The van der Waals surface area contributed by atoms with Crippen LogP contribution >= 0.6 is 11.3 Å². The molecule has 0 aliphatic carbocycles. The molecule has 0 aromatic carbocycles. The number of thiophene rings is 1. The lowest BCUT2D eigenvalue weighted by Crippen LogP contribution is -2.02. The van der Waals surface area contributed by atoms with Gasteiger partial charge < -0.3 is 9.47 Å². The van der Waals surface area contributed by atoms with Crippen LogP contribution in [0.25, 0.3) is 0 Å². The topological polar surface area (TPSA) is 18.5 Å². The van der Waals surface area contributed by atoms with Crippen molar-refractivity contribution in [2.75, 3.05) is 20.3 Å². The largest absolute Gasteiger partial charge is 0.482 e. The highest BCUT2D eigenvalue weighted by molar-refractivity contribution is 7.11. The summed E-state index contributed by atoms with van der Waals surface area (Å²) < 4.78 is 10.1. The zero-order valence-electron chi connectivity index (χ0n) is 5.87. The Labute approximate surface area is 64.4 Å². The molecule has 0 fully saturated rings. The van der Waals surface area contributed by atoms with Crippen LogP contribution in [0, 0.1) is 0 Å². The standard InChI is InChI=1S/C7H10O2S/c1-8-4-5-9-7-3-2-6-10-7/h2-3,6H,4-5H2,1H3. The molecule has 0 aliphatic heterocycles. The van der Waals surface area contributed by atoms with Gasteiger partial charge in [0.1, 0.15) is 6.61 Å². The van der Waals surface area contributed by atoms with Gasteiger partial charge in [0.05, 0.1) is 6.61 Å². The maximum atomic E-state index is 5.28. The Kier molecular flexibility index (Phi) is 3.26. The smallest absolute Gasteiger partial charge is 0.173 e. The van der Waals surface area contributed by atoms with Crippen LogP contribution in [0.4, 0.5) is 0 Å². The van der Waals surface area contributed by atoms with E-state index in [9.17, 15) is 0 Å². The van der Waals surface area contributed by atoms with Crippen molar-refractivity contribution in [1.82, 2.24) is 0 Å². The van der Waals surface area contributed by atoms with Crippen LogP contribution in [-0.4, -0.2) is 20.3 Å². The molecule has 0 unspecified atom stereocenters. The second-order valence-corrected chi connectivity index (χ2v) is 2.68. The molecule has 1 rings (SSSR count). The van der Waals surface area contributed by atoms with Crippen molar-refractivity contribution < 1.29 is 9.47 Å². The van der Waals surface area contributed by atoms with Crippen LogP contribution in [0.3, 0.4) is 0 Å². The summed E-state index contributed by atoms with van der Waals surface area (Å²) in [7, 11) is 1.66. The molecule has 10 heavy (non-hydrogen) atoms. The van der Waals surface area contributed by atoms with Gasteiger partial charge in [-0.15, -0.1) is 11.3 Å². The van der Waals surface area contributed by atoms with Crippen LogP contribution in [0.15, 0.2) is 17.5 Å². The number of hydrogen-bond acceptors (Lipinski definition) is 3. The molecule has 3 heteroatoms. The molecule has 0 amide bonds. The van der Waals surface area contributed by atoms with Gasteiger partial charge >= 0.3 is 0 Å². The molecule has 0 N–H and O–H groups in total. The van der Waals surface area contributed by atoms with E-state index in [1.165, 1.54) is 0 Å². The summed E-state index contributed by atoms with van der Waals surface area (Å²) in [5, 5.41) is 2.94. The highest BCUT2D eigenvalue weighted by Gasteiger charge is 1.90. The fourth-order valence-electron chi connectivity index (χ4n) is 0.571.